The zero-order valence-corrected chi connectivity index (χ0v) is 19.7. The third-order valence-corrected chi connectivity index (χ3v) is 5.47. The fourth-order valence-electron chi connectivity index (χ4n) is 3.83. The number of fused-ring (bicyclic) bond motifs is 2. The third-order valence-electron chi connectivity index (χ3n) is 5.47. The van der Waals surface area contributed by atoms with Gasteiger partial charge in [0.05, 0.1) is 32.0 Å². The van der Waals surface area contributed by atoms with E-state index in [2.05, 4.69) is 4.90 Å². The highest BCUT2D eigenvalue weighted by Gasteiger charge is 2.27. The quantitative estimate of drug-likeness (QED) is 0.448. The lowest BCUT2D eigenvalue weighted by molar-refractivity contribution is -0.152. The molecule has 10 heteroatoms. The van der Waals surface area contributed by atoms with E-state index in [0.717, 1.165) is 13.1 Å². The van der Waals surface area contributed by atoms with Gasteiger partial charge in [-0.3, -0.25) is 9.69 Å². The van der Waals surface area contributed by atoms with Gasteiger partial charge < -0.3 is 27.8 Å². The van der Waals surface area contributed by atoms with E-state index in [1.165, 1.54) is 19.4 Å². The lowest BCUT2D eigenvalue weighted by Gasteiger charge is -2.26. The first-order valence-electron chi connectivity index (χ1n) is 10.7. The zero-order valence-electron chi connectivity index (χ0n) is 18.9. The van der Waals surface area contributed by atoms with E-state index in [1.54, 1.807) is 13.0 Å². The molecule has 3 heterocycles. The maximum atomic E-state index is 12.9. The molecule has 0 saturated carbocycles. The van der Waals surface area contributed by atoms with E-state index < -0.39 is 12.1 Å². The molecular weight excluding hydrogens is 454 g/mol. The summed E-state index contributed by atoms with van der Waals surface area (Å²) in [7, 11) is 1.47. The number of hydrogen-bond donors (Lipinski definition) is 0. The van der Waals surface area contributed by atoms with E-state index in [-0.39, 0.29) is 41.2 Å². The molecule has 1 atom stereocenters. The van der Waals surface area contributed by atoms with E-state index >= 15 is 0 Å². The van der Waals surface area contributed by atoms with Crippen LogP contribution in [0, 0.1) is 6.92 Å². The smallest absolute Gasteiger partial charge is 0.347 e. The number of morpholine rings is 1. The normalized spacial score (nSPS) is 15.2. The van der Waals surface area contributed by atoms with E-state index in [4.69, 9.17) is 27.8 Å². The van der Waals surface area contributed by atoms with Crippen LogP contribution in [0.1, 0.15) is 19.1 Å². The Labute approximate surface area is 196 Å². The molecule has 180 valence electrons. The number of esters is 1. The molecule has 1 unspecified atom stereocenters. The van der Waals surface area contributed by atoms with Gasteiger partial charge in [0, 0.05) is 25.7 Å². The molecule has 0 amide bonds. The minimum Gasteiger partial charge on any atom is -0.490 e. The average Bonchev–Trinajstić information content (AvgIpc) is 3.27. The second-order valence-electron chi connectivity index (χ2n) is 7.59. The highest BCUT2D eigenvalue weighted by atomic mass is 35.5. The van der Waals surface area contributed by atoms with Crippen LogP contribution in [0.5, 0.6) is 11.5 Å². The van der Waals surface area contributed by atoms with Crippen LogP contribution in [0.15, 0.2) is 32.0 Å². The van der Waals surface area contributed by atoms with Crippen LogP contribution in [0.2, 0.25) is 0 Å². The third kappa shape index (κ3) is 5.10. The number of furan rings is 1. The summed E-state index contributed by atoms with van der Waals surface area (Å²) >= 11 is 0. The molecule has 3 aromatic rings. The number of carbonyl (C=O) groups excluding carboxylic acids is 1. The van der Waals surface area contributed by atoms with Gasteiger partial charge >= 0.3 is 5.97 Å². The number of nitrogens with zero attached hydrogens (tertiary/aromatic N) is 1. The van der Waals surface area contributed by atoms with Crippen molar-refractivity contribution in [1.29, 1.82) is 0 Å². The maximum absolute atomic E-state index is 12.9. The van der Waals surface area contributed by atoms with Crippen molar-refractivity contribution in [2.24, 2.45) is 0 Å². The van der Waals surface area contributed by atoms with Gasteiger partial charge in [0.15, 0.2) is 22.7 Å². The Bertz CT molecular complexity index is 1160. The Morgan fingerprint density at radius 3 is 2.67 bits per heavy atom. The SMILES string of the molecule is CCC(Oc1c2ccoc2c(OC)c2oc(C)cc(=O)c12)C(=O)OCCN1CCOCC1.Cl. The molecule has 1 aliphatic heterocycles. The molecule has 1 fully saturated rings. The molecule has 0 aliphatic carbocycles. The van der Waals surface area contributed by atoms with Gasteiger partial charge in [-0.05, 0) is 19.4 Å². The van der Waals surface area contributed by atoms with Gasteiger partial charge in [0.2, 0.25) is 5.75 Å². The first kappa shape index (κ1) is 24.9. The van der Waals surface area contributed by atoms with Gasteiger partial charge in [-0.1, -0.05) is 6.92 Å². The highest BCUT2D eigenvalue weighted by molar-refractivity contribution is 6.06. The van der Waals surface area contributed by atoms with Crippen LogP contribution in [0.3, 0.4) is 0 Å². The summed E-state index contributed by atoms with van der Waals surface area (Å²) in [4.78, 5) is 27.8. The average molecular weight is 482 g/mol. The molecule has 1 saturated heterocycles. The molecule has 2 aromatic heterocycles. The van der Waals surface area contributed by atoms with Gasteiger partial charge in [-0.15, -0.1) is 12.4 Å². The molecule has 0 spiro atoms. The fourth-order valence-corrected chi connectivity index (χ4v) is 3.83. The Morgan fingerprint density at radius 1 is 1.21 bits per heavy atom. The minimum atomic E-state index is -0.893. The first-order valence-corrected chi connectivity index (χ1v) is 10.7. The van der Waals surface area contributed by atoms with Crippen LogP contribution in [-0.2, 0) is 14.3 Å². The predicted octanol–water partition coefficient (Wildman–Crippen LogP) is 3.31. The first-order chi connectivity index (χ1) is 15.5. The summed E-state index contributed by atoms with van der Waals surface area (Å²) in [5.41, 5.74) is 0.292. The highest BCUT2D eigenvalue weighted by Crippen LogP contribution is 2.42. The number of hydrogen-bond acceptors (Lipinski definition) is 9. The number of methoxy groups -OCH3 is 1. The second-order valence-corrected chi connectivity index (χ2v) is 7.59. The molecule has 0 radical (unpaired) electrons. The van der Waals surface area contributed by atoms with Gasteiger partial charge in [0.25, 0.3) is 0 Å². The molecule has 9 nitrogen and oxygen atoms in total. The van der Waals surface area contributed by atoms with Crippen LogP contribution in [0.25, 0.3) is 21.9 Å². The summed E-state index contributed by atoms with van der Waals surface area (Å²) < 4.78 is 33.7. The molecule has 0 N–H and O–H groups in total. The Balaban J connectivity index is 0.00000306. The van der Waals surface area contributed by atoms with Crippen molar-refractivity contribution in [1.82, 2.24) is 4.90 Å². The minimum absolute atomic E-state index is 0. The van der Waals surface area contributed by atoms with Crippen molar-refractivity contribution in [3.05, 3.63) is 34.4 Å². The zero-order chi connectivity index (χ0) is 22.7. The van der Waals surface area contributed by atoms with E-state index in [0.29, 0.717) is 48.7 Å². The number of benzene rings is 1. The van der Waals surface area contributed by atoms with Crippen molar-refractivity contribution >= 4 is 40.3 Å². The number of ether oxygens (including phenoxy) is 4. The summed E-state index contributed by atoms with van der Waals surface area (Å²) in [6, 6.07) is 3.05. The van der Waals surface area contributed by atoms with Crippen LogP contribution in [-0.4, -0.2) is 63.5 Å². The topological polar surface area (TPSA) is 101 Å². The van der Waals surface area contributed by atoms with Crippen LogP contribution < -0.4 is 14.9 Å². The Hall–Kier alpha value is -2.75. The largest absolute Gasteiger partial charge is 0.490 e. The van der Waals surface area contributed by atoms with Gasteiger partial charge in [0.1, 0.15) is 23.5 Å². The Morgan fingerprint density at radius 2 is 1.97 bits per heavy atom. The summed E-state index contributed by atoms with van der Waals surface area (Å²) in [6.45, 7) is 7.38. The molecule has 1 aliphatic rings. The van der Waals surface area contributed by atoms with E-state index in [9.17, 15) is 9.59 Å². The molecule has 1 aromatic carbocycles. The molecule has 4 rings (SSSR count). The second kappa shape index (κ2) is 10.9. The lowest BCUT2D eigenvalue weighted by atomic mass is 10.1. The summed E-state index contributed by atoms with van der Waals surface area (Å²) in [5, 5.41) is 0.714. The van der Waals surface area contributed by atoms with E-state index in [1.807, 2.05) is 6.92 Å². The fraction of sp³-hybridized carbons (Fsp3) is 0.478. The maximum Gasteiger partial charge on any atom is 0.347 e. The van der Waals surface area contributed by atoms with Crippen molar-refractivity contribution in [3.8, 4) is 11.5 Å². The van der Waals surface area contributed by atoms with Gasteiger partial charge in [-0.2, -0.15) is 0 Å². The lowest BCUT2D eigenvalue weighted by Crippen LogP contribution is -2.39. The number of aryl methyl sites for hydroxylation is 1. The molecule has 0 bridgehead atoms. The van der Waals surface area contributed by atoms with Crippen LogP contribution in [0.4, 0.5) is 0 Å². The van der Waals surface area contributed by atoms with Crippen molar-refractivity contribution < 1.29 is 32.6 Å². The monoisotopic (exact) mass is 481 g/mol. The van der Waals surface area contributed by atoms with Crippen LogP contribution >= 0.6 is 12.4 Å². The summed E-state index contributed by atoms with van der Waals surface area (Å²) in [6.07, 6.45) is 0.938. The number of carbonyl (C=O) groups is 1. The van der Waals surface area contributed by atoms with Crippen molar-refractivity contribution in [3.63, 3.8) is 0 Å². The number of halogens is 1. The van der Waals surface area contributed by atoms with Crippen molar-refractivity contribution in [2.45, 2.75) is 26.4 Å². The Kier molecular flexibility index (Phi) is 8.23. The summed E-state index contributed by atoms with van der Waals surface area (Å²) in [5.74, 6) is 0.453. The predicted molar refractivity (Wildman–Crippen MR) is 124 cm³/mol. The standard InChI is InChI=1S/C23H27NO8.ClH/c1-4-17(23(26)30-12-8-24-6-10-28-11-7-24)32-19-15-5-9-29-20(15)22(27-3)21-18(19)16(25)13-14(2)31-21;/h5,9,13,17H,4,6-8,10-12H2,1-3H3;1H. The number of rotatable bonds is 8. The van der Waals surface area contributed by atoms with Crippen molar-refractivity contribution in [2.75, 3.05) is 46.6 Å². The molecular formula is C23H28ClNO8. The van der Waals surface area contributed by atoms with Gasteiger partial charge in [-0.25, -0.2) is 4.79 Å². The molecule has 33 heavy (non-hydrogen) atoms.